The Bertz CT molecular complexity index is 1490. The van der Waals surface area contributed by atoms with Crippen molar-refractivity contribution in [2.24, 2.45) is 0 Å². The molecule has 4 aromatic rings. The first-order valence-electron chi connectivity index (χ1n) is 16.6. The van der Waals surface area contributed by atoms with Crippen LogP contribution in [0.4, 0.5) is 0 Å². The molecule has 1 saturated carbocycles. The van der Waals surface area contributed by atoms with Crippen LogP contribution in [0.5, 0.6) is 0 Å². The van der Waals surface area contributed by atoms with Crippen LogP contribution >= 0.6 is 0 Å². The van der Waals surface area contributed by atoms with Crippen LogP contribution in [0.15, 0.2) is 116 Å². The molecule has 238 valence electrons. The highest BCUT2D eigenvalue weighted by Crippen LogP contribution is 2.38. The normalized spacial score (nSPS) is 13.8. The van der Waals surface area contributed by atoms with Crippen LogP contribution in [-0.2, 0) is 29.0 Å². The van der Waals surface area contributed by atoms with Gasteiger partial charge in [-0.2, -0.15) is 0 Å². The van der Waals surface area contributed by atoms with Crippen molar-refractivity contribution in [2.75, 3.05) is 7.05 Å². The second-order valence-corrected chi connectivity index (χ2v) is 12.5. The molecular weight excluding hydrogens is 570 g/mol. The number of likely N-dealkylation sites (N-methyl/N-ethyl adjacent to an activating group) is 1. The molecule has 2 amide bonds. The number of ketones is 1. The first-order valence-corrected chi connectivity index (χ1v) is 16.6. The summed E-state index contributed by atoms with van der Waals surface area (Å²) < 4.78 is 0. The van der Waals surface area contributed by atoms with Crippen LogP contribution in [0.2, 0.25) is 0 Å². The zero-order valence-corrected chi connectivity index (χ0v) is 26.9. The smallest absolute Gasteiger partial charge is 0.295 e. The average Bonchev–Trinajstić information content (AvgIpc) is 3.62. The van der Waals surface area contributed by atoms with Crippen molar-refractivity contribution in [1.29, 1.82) is 0 Å². The molecular formula is C40H45N3O3. The van der Waals surface area contributed by atoms with Gasteiger partial charge >= 0.3 is 0 Å². The Morgan fingerprint density at radius 1 is 0.696 bits per heavy atom. The van der Waals surface area contributed by atoms with E-state index in [1.807, 2.05) is 35.2 Å². The molecule has 1 fully saturated rings. The molecule has 1 aliphatic rings. The molecule has 0 unspecified atom stereocenters. The Balaban J connectivity index is 1.44. The van der Waals surface area contributed by atoms with Crippen molar-refractivity contribution in [3.05, 3.63) is 138 Å². The Hall–Kier alpha value is -4.58. The third-order valence-corrected chi connectivity index (χ3v) is 9.50. The number of amides is 2. The summed E-state index contributed by atoms with van der Waals surface area (Å²) in [6, 6.07) is 33.5. The molecule has 0 saturated heterocycles. The fourth-order valence-corrected chi connectivity index (χ4v) is 6.86. The number of pyridine rings is 1. The number of hydrogen-bond acceptors (Lipinski definition) is 4. The number of benzene rings is 3. The van der Waals surface area contributed by atoms with E-state index >= 15 is 4.79 Å². The van der Waals surface area contributed by atoms with E-state index in [1.54, 1.807) is 43.7 Å². The van der Waals surface area contributed by atoms with E-state index in [1.165, 1.54) is 16.0 Å². The van der Waals surface area contributed by atoms with E-state index in [0.717, 1.165) is 56.9 Å². The van der Waals surface area contributed by atoms with Crippen molar-refractivity contribution in [3.63, 3.8) is 0 Å². The Morgan fingerprint density at radius 2 is 1.20 bits per heavy atom. The molecule has 0 N–H and O–H groups in total. The van der Waals surface area contributed by atoms with Crippen LogP contribution in [0, 0.1) is 0 Å². The molecule has 0 aliphatic heterocycles. The minimum atomic E-state index is -1.06. The van der Waals surface area contributed by atoms with E-state index < -0.39 is 17.2 Å². The van der Waals surface area contributed by atoms with Crippen molar-refractivity contribution >= 4 is 17.6 Å². The molecule has 46 heavy (non-hydrogen) atoms. The molecule has 6 heteroatoms. The molecule has 1 aliphatic carbocycles. The van der Waals surface area contributed by atoms with Gasteiger partial charge in [0.05, 0.1) is 0 Å². The topological polar surface area (TPSA) is 70.6 Å². The van der Waals surface area contributed by atoms with Crippen molar-refractivity contribution < 1.29 is 14.4 Å². The van der Waals surface area contributed by atoms with Gasteiger partial charge in [-0.3, -0.25) is 19.4 Å². The van der Waals surface area contributed by atoms with Crippen LogP contribution in [-0.4, -0.2) is 51.0 Å². The maximum absolute atomic E-state index is 15.1. The van der Waals surface area contributed by atoms with Gasteiger partial charge in [-0.25, -0.2) is 0 Å². The number of aromatic nitrogens is 1. The van der Waals surface area contributed by atoms with Crippen molar-refractivity contribution in [3.8, 4) is 0 Å². The molecule has 0 radical (unpaired) electrons. The Labute approximate surface area is 273 Å². The van der Waals surface area contributed by atoms with Crippen LogP contribution < -0.4 is 0 Å². The minimum Gasteiger partial charge on any atom is -0.333 e. The van der Waals surface area contributed by atoms with Gasteiger partial charge in [-0.15, -0.1) is 0 Å². The number of nitrogens with zero attached hydrogens (tertiary/aromatic N) is 3. The van der Waals surface area contributed by atoms with Crippen LogP contribution in [0.25, 0.3) is 0 Å². The highest BCUT2D eigenvalue weighted by molar-refractivity contribution is 6.43. The van der Waals surface area contributed by atoms with Gasteiger partial charge in [0.15, 0.2) is 0 Å². The summed E-state index contributed by atoms with van der Waals surface area (Å²) in [5, 5.41) is 0. The predicted molar refractivity (Wildman–Crippen MR) is 182 cm³/mol. The molecule has 0 bridgehead atoms. The van der Waals surface area contributed by atoms with Gasteiger partial charge in [0.1, 0.15) is 5.54 Å². The molecule has 1 aromatic heterocycles. The average molecular weight is 616 g/mol. The zero-order chi connectivity index (χ0) is 32.2. The lowest BCUT2D eigenvalue weighted by Crippen LogP contribution is -2.61. The summed E-state index contributed by atoms with van der Waals surface area (Å²) in [5.41, 5.74) is 2.85. The summed E-state index contributed by atoms with van der Waals surface area (Å²) in [7, 11) is 1.65. The van der Waals surface area contributed by atoms with Crippen molar-refractivity contribution in [2.45, 2.75) is 82.3 Å². The number of hydrogen-bond donors (Lipinski definition) is 0. The molecule has 0 spiro atoms. The summed E-state index contributed by atoms with van der Waals surface area (Å²) in [6.45, 7) is 0.430. The SMILES string of the molecule is CN(C(=O)C(=O)c1ccccc1)C1(C(=O)N(Cc2ccncc2)C(CCCc2ccccc2)CCCc2ccccc2)CCCC1. The highest BCUT2D eigenvalue weighted by Gasteiger charge is 2.50. The summed E-state index contributed by atoms with van der Waals surface area (Å²) in [4.78, 5) is 49.9. The van der Waals surface area contributed by atoms with E-state index in [0.29, 0.717) is 24.9 Å². The summed E-state index contributed by atoms with van der Waals surface area (Å²) in [5.74, 6) is -1.26. The Kier molecular flexibility index (Phi) is 11.5. The number of Topliss-reactive ketones (excluding diaryl/α,β-unsaturated/α-hetero) is 1. The lowest BCUT2D eigenvalue weighted by Gasteiger charge is -2.43. The zero-order valence-electron chi connectivity index (χ0n) is 26.9. The maximum atomic E-state index is 15.1. The third kappa shape index (κ3) is 8.16. The second-order valence-electron chi connectivity index (χ2n) is 12.5. The fraction of sp³-hybridized carbons (Fsp3) is 0.350. The summed E-state index contributed by atoms with van der Waals surface area (Å²) in [6.07, 6.45) is 11.7. The monoisotopic (exact) mass is 615 g/mol. The number of rotatable bonds is 15. The first kappa shape index (κ1) is 32.8. The molecule has 0 atom stereocenters. The van der Waals surface area contributed by atoms with Gasteiger partial charge in [0.2, 0.25) is 11.7 Å². The predicted octanol–water partition coefficient (Wildman–Crippen LogP) is 7.48. The largest absolute Gasteiger partial charge is 0.333 e. The molecule has 1 heterocycles. The number of aryl methyl sites for hydroxylation is 2. The molecule has 3 aromatic carbocycles. The lowest BCUT2D eigenvalue weighted by atomic mass is 9.89. The van der Waals surface area contributed by atoms with E-state index in [9.17, 15) is 9.59 Å². The first-order chi connectivity index (χ1) is 22.5. The van der Waals surface area contributed by atoms with Gasteiger partial charge < -0.3 is 9.80 Å². The maximum Gasteiger partial charge on any atom is 0.295 e. The van der Waals surface area contributed by atoms with Gasteiger partial charge in [-0.1, -0.05) is 104 Å². The second kappa shape index (κ2) is 16.1. The standard InChI is InChI=1S/C40H45N3O3/c1-42(38(45)37(44)35-21-9-4-10-22-35)40(27-11-12-28-40)39(46)43(31-34-25-29-41-30-26-34)36(23-13-19-32-15-5-2-6-16-32)24-14-20-33-17-7-3-8-18-33/h2-10,15-18,21-22,25-26,29-30,36H,11-14,19-20,23-24,27-28,31H2,1H3. The van der Waals surface area contributed by atoms with Crippen LogP contribution in [0.1, 0.15) is 78.4 Å². The quantitative estimate of drug-likeness (QED) is 0.103. The van der Waals surface area contributed by atoms with Crippen LogP contribution in [0.3, 0.4) is 0 Å². The minimum absolute atomic E-state index is 0.0288. The van der Waals surface area contributed by atoms with Gasteiger partial charge in [-0.05, 0) is 80.2 Å². The van der Waals surface area contributed by atoms with E-state index in [-0.39, 0.29) is 11.9 Å². The number of carbonyl (C=O) groups excluding carboxylic acids is 3. The fourth-order valence-electron chi connectivity index (χ4n) is 6.86. The Morgan fingerprint density at radius 3 is 1.72 bits per heavy atom. The van der Waals surface area contributed by atoms with E-state index in [2.05, 4.69) is 53.5 Å². The van der Waals surface area contributed by atoms with Crippen molar-refractivity contribution in [1.82, 2.24) is 14.8 Å². The summed E-state index contributed by atoms with van der Waals surface area (Å²) >= 11 is 0. The van der Waals surface area contributed by atoms with Gasteiger partial charge in [0, 0.05) is 37.6 Å². The lowest BCUT2D eigenvalue weighted by molar-refractivity contribution is -0.153. The van der Waals surface area contributed by atoms with E-state index in [4.69, 9.17) is 0 Å². The molecule has 5 rings (SSSR count). The van der Waals surface area contributed by atoms with Gasteiger partial charge in [0.25, 0.3) is 5.91 Å². The highest BCUT2D eigenvalue weighted by atomic mass is 16.2. The number of carbonyl (C=O) groups is 3. The molecule has 6 nitrogen and oxygen atoms in total. The third-order valence-electron chi connectivity index (χ3n) is 9.50.